The minimum atomic E-state index is -4.15. The van der Waals surface area contributed by atoms with Gasteiger partial charge in [-0.25, -0.2) is 13.1 Å². The van der Waals surface area contributed by atoms with Crippen molar-refractivity contribution in [1.29, 1.82) is 0 Å². The Morgan fingerprint density at radius 3 is 2.27 bits per heavy atom. The zero-order valence-electron chi connectivity index (χ0n) is 20.5. The van der Waals surface area contributed by atoms with Crippen LogP contribution in [0.2, 0.25) is 0 Å². The van der Waals surface area contributed by atoms with E-state index >= 15 is 0 Å². The molecule has 37 heavy (non-hydrogen) atoms. The van der Waals surface area contributed by atoms with Gasteiger partial charge in [0.1, 0.15) is 12.2 Å². The van der Waals surface area contributed by atoms with E-state index in [0.717, 1.165) is 37.4 Å². The zero-order chi connectivity index (χ0) is 26.8. The van der Waals surface area contributed by atoms with Crippen molar-refractivity contribution < 1.29 is 32.3 Å². The zero-order valence-corrected chi connectivity index (χ0v) is 21.3. The largest absolute Gasteiger partial charge is 0.468 e. The molecule has 0 atom stereocenters. The maximum atomic E-state index is 12.6. The van der Waals surface area contributed by atoms with Crippen molar-refractivity contribution in [3.05, 3.63) is 59.4 Å². The Bertz CT molecular complexity index is 1220. The number of rotatable bonds is 10. The Kier molecular flexibility index (Phi) is 9.72. The van der Waals surface area contributed by atoms with E-state index in [1.54, 1.807) is 12.1 Å². The van der Waals surface area contributed by atoms with Gasteiger partial charge in [0, 0.05) is 18.7 Å². The van der Waals surface area contributed by atoms with Crippen molar-refractivity contribution in [3.63, 3.8) is 0 Å². The standard InChI is InChI=1S/C25H30N4O7S/c1-36-22(30)16-28-25(33)21-12-9-19(15-27-21)24(32)29-37(34,35)20-10-7-17(8-11-20)13-14-26-23(31)18-5-3-2-4-6-18/h7-12,15,18H,2-6,13-14,16H2,1H3,(H,26,31)(H,28,33)(H,29,32). The predicted octanol–water partition coefficient (Wildman–Crippen LogP) is 1.34. The maximum absolute atomic E-state index is 12.6. The van der Waals surface area contributed by atoms with Gasteiger partial charge >= 0.3 is 5.97 Å². The molecule has 1 aromatic heterocycles. The van der Waals surface area contributed by atoms with Crippen LogP contribution in [0.15, 0.2) is 47.5 Å². The predicted molar refractivity (Wildman–Crippen MR) is 133 cm³/mol. The fraction of sp³-hybridized carbons (Fsp3) is 0.400. The molecule has 3 rings (SSSR count). The normalized spacial score (nSPS) is 13.9. The molecule has 0 spiro atoms. The first kappa shape index (κ1) is 27.8. The highest BCUT2D eigenvalue weighted by Gasteiger charge is 2.21. The number of nitrogens with zero attached hydrogens (tertiary/aromatic N) is 1. The summed E-state index contributed by atoms with van der Waals surface area (Å²) in [6.07, 6.45) is 6.82. The van der Waals surface area contributed by atoms with Gasteiger partial charge in [-0.15, -0.1) is 0 Å². The van der Waals surface area contributed by atoms with Gasteiger partial charge in [0.2, 0.25) is 5.91 Å². The molecule has 1 aliphatic rings. The Balaban J connectivity index is 1.51. The van der Waals surface area contributed by atoms with Gasteiger partial charge < -0.3 is 15.4 Å². The van der Waals surface area contributed by atoms with Gasteiger partial charge in [0.15, 0.2) is 0 Å². The number of methoxy groups -OCH3 is 1. The second-order valence-electron chi connectivity index (χ2n) is 8.65. The third-order valence-electron chi connectivity index (χ3n) is 6.03. The van der Waals surface area contributed by atoms with Crippen molar-refractivity contribution in [2.24, 2.45) is 5.92 Å². The second kappa shape index (κ2) is 12.9. The molecule has 0 saturated heterocycles. The number of carbonyl (C=O) groups is 4. The van der Waals surface area contributed by atoms with Crippen molar-refractivity contribution >= 4 is 33.7 Å². The molecule has 0 bridgehead atoms. The molecule has 1 aliphatic carbocycles. The molecule has 198 valence electrons. The molecule has 0 unspecified atom stereocenters. The molecule has 0 radical (unpaired) electrons. The van der Waals surface area contributed by atoms with Crippen LogP contribution in [0.25, 0.3) is 0 Å². The summed E-state index contributed by atoms with van der Waals surface area (Å²) in [7, 11) is -2.96. The summed E-state index contributed by atoms with van der Waals surface area (Å²) in [5, 5.41) is 5.25. The number of amides is 3. The summed E-state index contributed by atoms with van der Waals surface area (Å²) in [5.74, 6) is -2.04. The second-order valence-corrected chi connectivity index (χ2v) is 10.3. The number of sulfonamides is 1. The van der Waals surface area contributed by atoms with Crippen LogP contribution in [-0.4, -0.2) is 57.3 Å². The summed E-state index contributed by atoms with van der Waals surface area (Å²) in [4.78, 5) is 51.5. The topological polar surface area (TPSA) is 161 Å². The number of hydrogen-bond donors (Lipinski definition) is 3. The van der Waals surface area contributed by atoms with Crippen LogP contribution in [0, 0.1) is 5.92 Å². The summed E-state index contributed by atoms with van der Waals surface area (Å²) >= 11 is 0. The Morgan fingerprint density at radius 2 is 1.65 bits per heavy atom. The third kappa shape index (κ3) is 8.10. The highest BCUT2D eigenvalue weighted by Crippen LogP contribution is 2.23. The number of pyridine rings is 1. The van der Waals surface area contributed by atoms with E-state index < -0.39 is 27.8 Å². The number of carbonyl (C=O) groups excluding carboxylic acids is 4. The summed E-state index contributed by atoms with van der Waals surface area (Å²) in [6, 6.07) is 8.53. The molecule has 1 fully saturated rings. The Morgan fingerprint density at radius 1 is 0.946 bits per heavy atom. The molecular weight excluding hydrogens is 500 g/mol. The SMILES string of the molecule is COC(=O)CNC(=O)c1ccc(C(=O)NS(=O)(=O)c2ccc(CCNC(=O)C3CCCCC3)cc2)cn1. The van der Waals surface area contributed by atoms with Crippen LogP contribution < -0.4 is 15.4 Å². The van der Waals surface area contributed by atoms with Crippen LogP contribution in [-0.2, 0) is 30.8 Å². The van der Waals surface area contributed by atoms with Gasteiger partial charge in [0.25, 0.3) is 21.8 Å². The van der Waals surface area contributed by atoms with E-state index in [0.29, 0.717) is 13.0 Å². The van der Waals surface area contributed by atoms with Crippen LogP contribution >= 0.6 is 0 Å². The highest BCUT2D eigenvalue weighted by atomic mass is 32.2. The van der Waals surface area contributed by atoms with Gasteiger partial charge in [-0.05, 0) is 49.1 Å². The van der Waals surface area contributed by atoms with Gasteiger partial charge in [-0.2, -0.15) is 0 Å². The van der Waals surface area contributed by atoms with Crippen molar-refractivity contribution in [2.45, 2.75) is 43.4 Å². The van der Waals surface area contributed by atoms with Gasteiger partial charge in [-0.1, -0.05) is 31.4 Å². The minimum Gasteiger partial charge on any atom is -0.468 e. The summed E-state index contributed by atoms with van der Waals surface area (Å²) in [6.45, 7) is 0.118. The lowest BCUT2D eigenvalue weighted by atomic mass is 9.88. The molecule has 2 aromatic rings. The molecule has 3 amide bonds. The molecule has 1 saturated carbocycles. The van der Waals surface area contributed by atoms with Crippen molar-refractivity contribution in [2.75, 3.05) is 20.2 Å². The van der Waals surface area contributed by atoms with Crippen LogP contribution in [0.3, 0.4) is 0 Å². The van der Waals surface area contributed by atoms with Crippen molar-refractivity contribution in [1.82, 2.24) is 20.3 Å². The van der Waals surface area contributed by atoms with E-state index in [9.17, 15) is 27.6 Å². The van der Waals surface area contributed by atoms with E-state index in [4.69, 9.17) is 0 Å². The fourth-order valence-corrected chi connectivity index (χ4v) is 4.87. The molecule has 11 nitrogen and oxygen atoms in total. The third-order valence-corrected chi connectivity index (χ3v) is 7.38. The number of hydrogen-bond acceptors (Lipinski definition) is 8. The average Bonchev–Trinajstić information content (AvgIpc) is 2.92. The number of benzene rings is 1. The van der Waals surface area contributed by atoms with Gasteiger partial charge in [-0.3, -0.25) is 24.2 Å². The first-order chi connectivity index (χ1) is 17.7. The van der Waals surface area contributed by atoms with Crippen LogP contribution in [0.1, 0.15) is 58.5 Å². The molecule has 3 N–H and O–H groups in total. The lowest BCUT2D eigenvalue weighted by Gasteiger charge is -2.20. The average molecular weight is 531 g/mol. The van der Waals surface area contributed by atoms with E-state index in [1.165, 1.54) is 37.8 Å². The van der Waals surface area contributed by atoms with Crippen LogP contribution in [0.4, 0.5) is 0 Å². The monoisotopic (exact) mass is 530 g/mol. The van der Waals surface area contributed by atoms with E-state index in [-0.39, 0.29) is 34.5 Å². The minimum absolute atomic E-state index is 0.0613. The van der Waals surface area contributed by atoms with Gasteiger partial charge in [0.05, 0.1) is 17.6 Å². The number of ether oxygens (including phenoxy) is 1. The molecular formula is C25H30N4O7S. The Labute approximate surface area is 215 Å². The maximum Gasteiger partial charge on any atom is 0.325 e. The van der Waals surface area contributed by atoms with E-state index in [1.807, 2.05) is 4.72 Å². The molecule has 12 heteroatoms. The quantitative estimate of drug-likeness (QED) is 0.388. The lowest BCUT2D eigenvalue weighted by Crippen LogP contribution is -2.33. The summed E-state index contributed by atoms with van der Waals surface area (Å²) in [5.41, 5.74) is 0.715. The van der Waals surface area contributed by atoms with E-state index in [2.05, 4.69) is 20.4 Å². The number of nitrogens with one attached hydrogen (secondary N) is 3. The Hall–Kier alpha value is -3.80. The van der Waals surface area contributed by atoms with Crippen molar-refractivity contribution in [3.8, 4) is 0 Å². The molecule has 0 aliphatic heterocycles. The van der Waals surface area contributed by atoms with Crippen LogP contribution in [0.5, 0.6) is 0 Å². The summed E-state index contributed by atoms with van der Waals surface area (Å²) < 4.78 is 31.7. The fourth-order valence-electron chi connectivity index (χ4n) is 3.89. The first-order valence-electron chi connectivity index (χ1n) is 11.9. The number of aromatic nitrogens is 1. The number of esters is 1. The smallest absolute Gasteiger partial charge is 0.325 e. The lowest BCUT2D eigenvalue weighted by molar-refractivity contribution is -0.139. The highest BCUT2D eigenvalue weighted by molar-refractivity contribution is 7.90. The first-order valence-corrected chi connectivity index (χ1v) is 13.4. The molecule has 1 aromatic carbocycles. The molecule has 1 heterocycles.